The number of nitrogens with zero attached hydrogens (tertiary/aromatic N) is 2. The van der Waals surface area contributed by atoms with Crippen molar-refractivity contribution in [2.24, 2.45) is 0 Å². The molecule has 0 spiro atoms. The Bertz CT molecular complexity index is 718. The summed E-state index contributed by atoms with van der Waals surface area (Å²) in [6.07, 6.45) is 0.852. The van der Waals surface area contributed by atoms with Crippen molar-refractivity contribution in [2.45, 2.75) is 31.2 Å². The molecule has 2 aromatic heterocycles. The SMILES string of the molecule is Cc1cc(CSc2nc(Cc3ccccc3)c(C)[nH]2)on1. The Morgan fingerprint density at radius 2 is 2.00 bits per heavy atom. The minimum Gasteiger partial charge on any atom is -0.360 e. The van der Waals surface area contributed by atoms with Gasteiger partial charge in [0.25, 0.3) is 0 Å². The molecule has 0 aliphatic heterocycles. The van der Waals surface area contributed by atoms with E-state index >= 15 is 0 Å². The summed E-state index contributed by atoms with van der Waals surface area (Å²) in [6.45, 7) is 3.99. The van der Waals surface area contributed by atoms with Crippen LogP contribution < -0.4 is 0 Å². The van der Waals surface area contributed by atoms with Crippen LogP contribution in [0, 0.1) is 13.8 Å². The Morgan fingerprint density at radius 3 is 2.71 bits per heavy atom. The minimum absolute atomic E-state index is 0.735. The van der Waals surface area contributed by atoms with Crippen molar-refractivity contribution < 1.29 is 4.52 Å². The lowest BCUT2D eigenvalue weighted by atomic mass is 10.1. The quantitative estimate of drug-likeness (QED) is 0.726. The van der Waals surface area contributed by atoms with E-state index in [4.69, 9.17) is 4.52 Å². The van der Waals surface area contributed by atoms with Crippen LogP contribution in [0.5, 0.6) is 0 Å². The van der Waals surface area contributed by atoms with Crippen molar-refractivity contribution in [3.05, 3.63) is 64.8 Å². The first-order valence-corrected chi connectivity index (χ1v) is 7.83. The molecule has 1 aromatic carbocycles. The van der Waals surface area contributed by atoms with E-state index in [0.717, 1.165) is 40.2 Å². The van der Waals surface area contributed by atoms with Crippen LogP contribution in [-0.4, -0.2) is 15.1 Å². The van der Waals surface area contributed by atoms with Gasteiger partial charge in [0.2, 0.25) is 0 Å². The minimum atomic E-state index is 0.735. The maximum Gasteiger partial charge on any atom is 0.166 e. The van der Waals surface area contributed by atoms with E-state index in [-0.39, 0.29) is 0 Å². The number of H-pyrrole nitrogens is 1. The van der Waals surface area contributed by atoms with Gasteiger partial charge in [0.15, 0.2) is 5.16 Å². The van der Waals surface area contributed by atoms with Crippen molar-refractivity contribution in [1.82, 2.24) is 15.1 Å². The molecule has 0 atom stereocenters. The molecule has 21 heavy (non-hydrogen) atoms. The summed E-state index contributed by atoms with van der Waals surface area (Å²) in [6, 6.07) is 12.3. The van der Waals surface area contributed by atoms with Gasteiger partial charge in [-0.2, -0.15) is 0 Å². The number of rotatable bonds is 5. The Kier molecular flexibility index (Phi) is 4.10. The summed E-state index contributed by atoms with van der Waals surface area (Å²) in [4.78, 5) is 8.00. The van der Waals surface area contributed by atoms with Crippen LogP contribution in [0.4, 0.5) is 0 Å². The maximum atomic E-state index is 5.21. The highest BCUT2D eigenvalue weighted by Gasteiger charge is 2.09. The van der Waals surface area contributed by atoms with Gasteiger partial charge in [-0.1, -0.05) is 47.3 Å². The van der Waals surface area contributed by atoms with Crippen LogP contribution in [0.25, 0.3) is 0 Å². The number of imidazole rings is 1. The zero-order chi connectivity index (χ0) is 14.7. The summed E-state index contributed by atoms with van der Waals surface area (Å²) in [5.74, 6) is 1.61. The molecule has 2 heterocycles. The largest absolute Gasteiger partial charge is 0.360 e. The predicted molar refractivity (Wildman–Crippen MR) is 83.4 cm³/mol. The van der Waals surface area contributed by atoms with Gasteiger partial charge >= 0.3 is 0 Å². The number of thioether (sulfide) groups is 1. The molecule has 3 rings (SSSR count). The lowest BCUT2D eigenvalue weighted by molar-refractivity contribution is 0.391. The lowest BCUT2D eigenvalue weighted by Crippen LogP contribution is -1.90. The molecule has 0 aliphatic carbocycles. The molecule has 108 valence electrons. The van der Waals surface area contributed by atoms with Crippen LogP contribution in [0.3, 0.4) is 0 Å². The van der Waals surface area contributed by atoms with E-state index in [1.54, 1.807) is 11.8 Å². The third-order valence-electron chi connectivity index (χ3n) is 3.21. The van der Waals surface area contributed by atoms with Crippen LogP contribution in [0.2, 0.25) is 0 Å². The lowest BCUT2D eigenvalue weighted by Gasteiger charge is -1.98. The molecule has 4 nitrogen and oxygen atoms in total. The van der Waals surface area contributed by atoms with Crippen molar-refractivity contribution >= 4 is 11.8 Å². The molecule has 0 fully saturated rings. The Hall–Kier alpha value is -2.01. The Balaban J connectivity index is 1.66. The fourth-order valence-electron chi connectivity index (χ4n) is 2.12. The van der Waals surface area contributed by atoms with Crippen LogP contribution >= 0.6 is 11.8 Å². The van der Waals surface area contributed by atoms with E-state index in [1.165, 1.54) is 5.56 Å². The highest BCUT2D eigenvalue weighted by atomic mass is 32.2. The normalized spacial score (nSPS) is 11.0. The molecular formula is C16H17N3OS. The molecule has 0 bridgehead atoms. The molecule has 0 saturated carbocycles. The topological polar surface area (TPSA) is 54.7 Å². The standard InChI is InChI=1S/C16H17N3OS/c1-11-8-14(20-19-11)10-21-16-17-12(2)15(18-16)9-13-6-4-3-5-7-13/h3-8H,9-10H2,1-2H3,(H,17,18). The van der Waals surface area contributed by atoms with Crippen LogP contribution in [0.15, 0.2) is 46.1 Å². The van der Waals surface area contributed by atoms with Gasteiger partial charge in [0.1, 0.15) is 5.76 Å². The van der Waals surface area contributed by atoms with Gasteiger partial charge in [-0.05, 0) is 19.4 Å². The second-order valence-corrected chi connectivity index (χ2v) is 5.96. The van der Waals surface area contributed by atoms with E-state index < -0.39 is 0 Å². The van der Waals surface area contributed by atoms with E-state index in [9.17, 15) is 0 Å². The van der Waals surface area contributed by atoms with Crippen molar-refractivity contribution in [1.29, 1.82) is 0 Å². The van der Waals surface area contributed by atoms with E-state index in [0.29, 0.717) is 0 Å². The van der Waals surface area contributed by atoms with Gasteiger partial charge < -0.3 is 9.51 Å². The van der Waals surface area contributed by atoms with Crippen LogP contribution in [-0.2, 0) is 12.2 Å². The number of aromatic amines is 1. The van der Waals surface area contributed by atoms with Gasteiger partial charge in [-0.15, -0.1) is 0 Å². The zero-order valence-electron chi connectivity index (χ0n) is 12.1. The molecule has 0 amide bonds. The van der Waals surface area contributed by atoms with Crippen molar-refractivity contribution in [3.8, 4) is 0 Å². The summed E-state index contributed by atoms with van der Waals surface area (Å²) in [7, 11) is 0. The average Bonchev–Trinajstić information content (AvgIpc) is 3.04. The first-order chi connectivity index (χ1) is 10.2. The third-order valence-corrected chi connectivity index (χ3v) is 4.10. The summed E-state index contributed by atoms with van der Waals surface area (Å²) >= 11 is 1.63. The zero-order valence-corrected chi connectivity index (χ0v) is 12.9. The highest BCUT2D eigenvalue weighted by molar-refractivity contribution is 7.98. The summed E-state index contributed by atoms with van der Waals surface area (Å²) in [5, 5.41) is 4.81. The van der Waals surface area contributed by atoms with E-state index in [1.807, 2.05) is 19.1 Å². The average molecular weight is 299 g/mol. The van der Waals surface area contributed by atoms with Gasteiger partial charge in [0.05, 0.1) is 17.1 Å². The van der Waals surface area contributed by atoms with Gasteiger partial charge in [-0.25, -0.2) is 4.98 Å². The highest BCUT2D eigenvalue weighted by Crippen LogP contribution is 2.22. The predicted octanol–water partition coefficient (Wildman–Crippen LogP) is 3.90. The maximum absolute atomic E-state index is 5.21. The molecule has 5 heteroatoms. The van der Waals surface area contributed by atoms with Crippen LogP contribution in [0.1, 0.15) is 28.4 Å². The molecule has 0 unspecified atom stereocenters. The number of benzene rings is 1. The molecule has 0 saturated heterocycles. The monoisotopic (exact) mass is 299 g/mol. The molecular weight excluding hydrogens is 282 g/mol. The second-order valence-electron chi connectivity index (χ2n) is 5.00. The fourth-order valence-corrected chi connectivity index (χ4v) is 2.94. The third kappa shape index (κ3) is 3.55. The van der Waals surface area contributed by atoms with Gasteiger partial charge in [0, 0.05) is 18.2 Å². The number of hydrogen-bond acceptors (Lipinski definition) is 4. The number of nitrogens with one attached hydrogen (secondary N) is 1. The molecule has 1 N–H and O–H groups in total. The number of hydrogen-bond donors (Lipinski definition) is 1. The Morgan fingerprint density at radius 1 is 1.19 bits per heavy atom. The van der Waals surface area contributed by atoms with E-state index in [2.05, 4.69) is 46.3 Å². The molecule has 0 aliphatic rings. The first-order valence-electron chi connectivity index (χ1n) is 6.85. The fraction of sp³-hybridized carbons (Fsp3) is 0.250. The first kappa shape index (κ1) is 13.9. The Labute approximate surface area is 128 Å². The van der Waals surface area contributed by atoms with Crippen molar-refractivity contribution in [2.75, 3.05) is 0 Å². The number of aryl methyl sites for hydroxylation is 2. The van der Waals surface area contributed by atoms with Crippen molar-refractivity contribution in [3.63, 3.8) is 0 Å². The van der Waals surface area contributed by atoms with Gasteiger partial charge in [-0.3, -0.25) is 0 Å². The summed E-state index contributed by atoms with van der Waals surface area (Å²) < 4.78 is 5.21. The summed E-state index contributed by atoms with van der Waals surface area (Å²) in [5.41, 5.74) is 4.40. The second kappa shape index (κ2) is 6.18. The molecule has 0 radical (unpaired) electrons. The number of aromatic nitrogens is 3. The smallest absolute Gasteiger partial charge is 0.166 e. The molecule has 3 aromatic rings.